The first-order valence-corrected chi connectivity index (χ1v) is 14.6. The molecule has 2 aromatic carbocycles. The Kier molecular flexibility index (Phi) is 9.22. The van der Waals surface area contributed by atoms with Crippen molar-refractivity contribution in [1.82, 2.24) is 9.88 Å². The number of nitrogens with zero attached hydrogens (tertiary/aromatic N) is 2. The molecule has 3 aromatic rings. The zero-order valence-corrected chi connectivity index (χ0v) is 24.0. The molecule has 0 spiro atoms. The van der Waals surface area contributed by atoms with Crippen molar-refractivity contribution in [3.8, 4) is 5.75 Å². The molecule has 1 saturated carbocycles. The van der Waals surface area contributed by atoms with Gasteiger partial charge in [0.2, 0.25) is 0 Å². The molecule has 1 aromatic heterocycles. The highest BCUT2D eigenvalue weighted by Crippen LogP contribution is 2.33. The van der Waals surface area contributed by atoms with Gasteiger partial charge in [-0.1, -0.05) is 30.3 Å². The van der Waals surface area contributed by atoms with Crippen LogP contribution in [0.25, 0.3) is 10.9 Å². The molecule has 1 saturated heterocycles. The van der Waals surface area contributed by atoms with Crippen molar-refractivity contribution < 1.29 is 23.7 Å². The van der Waals surface area contributed by atoms with Gasteiger partial charge in [0, 0.05) is 43.7 Å². The molecule has 2 atom stereocenters. The van der Waals surface area contributed by atoms with E-state index in [-0.39, 0.29) is 18.1 Å². The number of carbonyl (C=O) groups is 1. The lowest BCUT2D eigenvalue weighted by molar-refractivity contribution is -0.0359. The van der Waals surface area contributed by atoms with E-state index in [2.05, 4.69) is 41.4 Å². The maximum atomic E-state index is 12.9. The smallest absolute Gasteiger partial charge is 0.410 e. The normalized spacial score (nSPS) is 19.5. The number of carbonyl (C=O) groups excluding carboxylic acids is 1. The Bertz CT molecular complexity index is 1250. The van der Waals surface area contributed by atoms with Crippen LogP contribution in [-0.2, 0) is 20.8 Å². The number of hydrogen-bond acceptors (Lipinski definition) is 6. The molecule has 214 valence electrons. The van der Waals surface area contributed by atoms with Crippen LogP contribution in [-0.4, -0.2) is 60.6 Å². The number of amides is 1. The van der Waals surface area contributed by atoms with Crippen LogP contribution in [0, 0.1) is 5.92 Å². The summed E-state index contributed by atoms with van der Waals surface area (Å²) in [5, 5.41) is 1.10. The van der Waals surface area contributed by atoms with Crippen LogP contribution in [0.1, 0.15) is 63.5 Å². The number of benzene rings is 2. The van der Waals surface area contributed by atoms with Gasteiger partial charge in [-0.25, -0.2) is 4.79 Å². The highest BCUT2D eigenvalue weighted by Gasteiger charge is 2.35. The summed E-state index contributed by atoms with van der Waals surface area (Å²) in [5.74, 6) is 1.81. The maximum absolute atomic E-state index is 12.9. The van der Waals surface area contributed by atoms with Gasteiger partial charge in [0.1, 0.15) is 11.4 Å². The summed E-state index contributed by atoms with van der Waals surface area (Å²) in [4.78, 5) is 19.1. The minimum absolute atomic E-state index is 0.155. The van der Waals surface area contributed by atoms with Gasteiger partial charge >= 0.3 is 6.09 Å². The molecule has 7 heteroatoms. The molecule has 2 fully saturated rings. The van der Waals surface area contributed by atoms with Gasteiger partial charge < -0.3 is 23.8 Å². The van der Waals surface area contributed by atoms with E-state index in [4.69, 9.17) is 18.9 Å². The molecule has 7 nitrogen and oxygen atoms in total. The van der Waals surface area contributed by atoms with E-state index in [1.54, 1.807) is 11.1 Å². The third-order valence-corrected chi connectivity index (χ3v) is 7.41. The van der Waals surface area contributed by atoms with Crippen LogP contribution in [0.5, 0.6) is 5.75 Å². The summed E-state index contributed by atoms with van der Waals surface area (Å²) in [6.07, 6.45) is 5.65. The summed E-state index contributed by atoms with van der Waals surface area (Å²) in [5.41, 5.74) is 2.66. The topological polar surface area (TPSA) is 70.1 Å². The van der Waals surface area contributed by atoms with Crippen molar-refractivity contribution in [2.24, 2.45) is 5.92 Å². The van der Waals surface area contributed by atoms with Gasteiger partial charge in [-0.15, -0.1) is 0 Å². The number of hydrogen-bond donors (Lipinski definition) is 0. The van der Waals surface area contributed by atoms with Crippen molar-refractivity contribution in [2.45, 2.75) is 70.7 Å². The predicted octanol–water partition coefficient (Wildman–Crippen LogP) is 6.74. The average Bonchev–Trinajstić information content (AvgIpc) is 3.77. The van der Waals surface area contributed by atoms with E-state index in [0.29, 0.717) is 26.3 Å². The molecule has 2 heterocycles. The van der Waals surface area contributed by atoms with Crippen molar-refractivity contribution in [3.63, 3.8) is 0 Å². The largest absolute Gasteiger partial charge is 0.494 e. The van der Waals surface area contributed by atoms with Gasteiger partial charge in [-0.05, 0) is 81.3 Å². The predicted molar refractivity (Wildman–Crippen MR) is 156 cm³/mol. The molecular weight excluding hydrogens is 504 g/mol. The lowest BCUT2D eigenvalue weighted by Gasteiger charge is -2.39. The number of fused-ring (bicyclic) bond motifs is 1. The summed E-state index contributed by atoms with van der Waals surface area (Å²) in [6.45, 7) is 9.51. The Morgan fingerprint density at radius 2 is 1.85 bits per heavy atom. The van der Waals surface area contributed by atoms with Crippen LogP contribution < -0.4 is 4.74 Å². The van der Waals surface area contributed by atoms with Crippen molar-refractivity contribution in [2.75, 3.05) is 32.9 Å². The Morgan fingerprint density at radius 1 is 1.02 bits per heavy atom. The van der Waals surface area contributed by atoms with Crippen molar-refractivity contribution in [1.29, 1.82) is 0 Å². The second kappa shape index (κ2) is 13.0. The Morgan fingerprint density at radius 3 is 2.62 bits per heavy atom. The SMILES string of the molecule is CC(C)(C)OC(=O)N1CCC(c2ccc(OCCCOCC3CC3)cc2)C(OCc2ccc3cccnc3c2)C1. The fourth-order valence-electron chi connectivity index (χ4n) is 5.06. The third kappa shape index (κ3) is 8.18. The zero-order chi connectivity index (χ0) is 28.0. The first kappa shape index (κ1) is 28.4. The van der Waals surface area contributed by atoms with Crippen LogP contribution in [0.2, 0.25) is 0 Å². The van der Waals surface area contributed by atoms with Gasteiger partial charge in [0.25, 0.3) is 0 Å². The molecule has 2 unspecified atom stereocenters. The summed E-state index contributed by atoms with van der Waals surface area (Å²) >= 11 is 0. The molecule has 40 heavy (non-hydrogen) atoms. The Balaban J connectivity index is 1.21. The lowest BCUT2D eigenvalue weighted by atomic mass is 9.87. The minimum atomic E-state index is -0.540. The molecule has 1 amide bonds. The summed E-state index contributed by atoms with van der Waals surface area (Å²) < 4.78 is 23.8. The van der Waals surface area contributed by atoms with Crippen LogP contribution in [0.15, 0.2) is 60.8 Å². The molecule has 0 radical (unpaired) electrons. The second-order valence-electron chi connectivity index (χ2n) is 12.0. The zero-order valence-electron chi connectivity index (χ0n) is 24.0. The number of rotatable bonds is 11. The standard InChI is InChI=1S/C33H42N2O5/c1-33(2,3)40-32(36)35-17-15-29(26-11-13-28(14-12-26)38-19-5-18-37-22-24-7-8-24)31(21-35)39-23-25-9-10-27-6-4-16-34-30(27)20-25/h4,6,9-14,16,20,24,29,31H,5,7-8,15,17-19,21-23H2,1-3H3. The highest BCUT2D eigenvalue weighted by atomic mass is 16.6. The molecule has 0 N–H and O–H groups in total. The van der Waals surface area contributed by atoms with E-state index >= 15 is 0 Å². The van der Waals surface area contributed by atoms with Gasteiger partial charge in [-0.3, -0.25) is 4.98 Å². The third-order valence-electron chi connectivity index (χ3n) is 7.41. The Hall–Kier alpha value is -3.16. The molecule has 1 aliphatic carbocycles. The number of pyridine rings is 1. The van der Waals surface area contributed by atoms with Crippen LogP contribution in [0.4, 0.5) is 4.79 Å². The molecule has 5 rings (SSSR count). The van der Waals surface area contributed by atoms with Gasteiger partial charge in [-0.2, -0.15) is 0 Å². The van der Waals surface area contributed by atoms with E-state index < -0.39 is 5.60 Å². The fraction of sp³-hybridized carbons (Fsp3) is 0.515. The van der Waals surface area contributed by atoms with E-state index in [1.165, 1.54) is 18.4 Å². The first-order valence-electron chi connectivity index (χ1n) is 14.6. The summed E-state index contributed by atoms with van der Waals surface area (Å²) in [7, 11) is 0. The van der Waals surface area contributed by atoms with Crippen LogP contribution in [0.3, 0.4) is 0 Å². The van der Waals surface area contributed by atoms with E-state index in [1.807, 2.05) is 39.0 Å². The molecule has 1 aliphatic heterocycles. The van der Waals surface area contributed by atoms with E-state index in [0.717, 1.165) is 54.2 Å². The Labute approximate surface area is 237 Å². The molecule has 0 bridgehead atoms. The van der Waals surface area contributed by atoms with Crippen molar-refractivity contribution in [3.05, 3.63) is 71.9 Å². The molecule has 2 aliphatic rings. The molecular formula is C33H42N2O5. The summed E-state index contributed by atoms with van der Waals surface area (Å²) in [6, 6.07) is 18.5. The number of piperidine rings is 1. The van der Waals surface area contributed by atoms with E-state index in [9.17, 15) is 4.79 Å². The maximum Gasteiger partial charge on any atom is 0.410 e. The second-order valence-corrected chi connectivity index (χ2v) is 12.0. The van der Waals surface area contributed by atoms with Crippen LogP contribution >= 0.6 is 0 Å². The van der Waals surface area contributed by atoms with Gasteiger partial charge in [0.05, 0.1) is 31.4 Å². The number of aromatic nitrogens is 1. The van der Waals surface area contributed by atoms with Crippen molar-refractivity contribution >= 4 is 17.0 Å². The first-order chi connectivity index (χ1) is 19.3. The number of likely N-dealkylation sites (tertiary alicyclic amines) is 1. The minimum Gasteiger partial charge on any atom is -0.494 e. The van der Waals surface area contributed by atoms with Gasteiger partial charge in [0.15, 0.2) is 0 Å². The lowest BCUT2D eigenvalue weighted by Crippen LogP contribution is -2.48. The highest BCUT2D eigenvalue weighted by molar-refractivity contribution is 5.78. The quantitative estimate of drug-likeness (QED) is 0.248. The number of ether oxygens (including phenoxy) is 4. The average molecular weight is 547 g/mol. The fourth-order valence-corrected chi connectivity index (χ4v) is 5.06. The monoisotopic (exact) mass is 546 g/mol.